The van der Waals surface area contributed by atoms with E-state index < -0.39 is 0 Å². The number of Topliss-reactive ketones (excluding diaryl/α,β-unsaturated/α-hetero) is 1. The molecule has 0 amide bonds. The summed E-state index contributed by atoms with van der Waals surface area (Å²) in [6, 6.07) is 9.54. The Kier molecular flexibility index (Phi) is 3.13. The van der Waals surface area contributed by atoms with Crippen molar-refractivity contribution in [3.05, 3.63) is 36.1 Å². The van der Waals surface area contributed by atoms with E-state index in [0.717, 1.165) is 37.1 Å². The van der Waals surface area contributed by atoms with Crippen molar-refractivity contribution in [1.29, 1.82) is 0 Å². The van der Waals surface area contributed by atoms with E-state index in [0.29, 0.717) is 12.3 Å². The Morgan fingerprint density at radius 3 is 2.83 bits per heavy atom. The highest BCUT2D eigenvalue weighted by Gasteiger charge is 2.17. The lowest BCUT2D eigenvalue weighted by Crippen LogP contribution is -2.45. The minimum atomic E-state index is 0.0631. The van der Waals surface area contributed by atoms with Crippen LogP contribution in [-0.2, 0) is 0 Å². The maximum atomic E-state index is 12.1. The number of piperazine rings is 1. The first-order chi connectivity index (χ1) is 8.83. The van der Waals surface area contributed by atoms with E-state index in [2.05, 4.69) is 10.2 Å². The molecule has 4 nitrogen and oxygen atoms in total. The zero-order valence-corrected chi connectivity index (χ0v) is 10.2. The summed E-state index contributed by atoms with van der Waals surface area (Å²) in [5.74, 6) is 0.530. The van der Waals surface area contributed by atoms with Crippen molar-refractivity contribution in [2.24, 2.45) is 0 Å². The van der Waals surface area contributed by atoms with Crippen LogP contribution in [0.25, 0.3) is 11.0 Å². The smallest absolute Gasteiger partial charge is 0.211 e. The maximum absolute atomic E-state index is 12.1. The van der Waals surface area contributed by atoms with E-state index in [1.807, 2.05) is 30.3 Å². The molecule has 4 heteroatoms. The maximum Gasteiger partial charge on any atom is 0.211 e. The second kappa shape index (κ2) is 4.92. The van der Waals surface area contributed by atoms with Gasteiger partial charge in [0.15, 0.2) is 5.76 Å². The fourth-order valence-electron chi connectivity index (χ4n) is 2.27. The molecule has 1 aromatic heterocycles. The van der Waals surface area contributed by atoms with Crippen LogP contribution >= 0.6 is 0 Å². The standard InChI is InChI=1S/C14H16N2O2/c17-12(10-16-7-5-15-6-8-16)14-9-11-3-1-2-4-13(11)18-14/h1-4,9,15H,5-8,10H2. The Morgan fingerprint density at radius 2 is 2.06 bits per heavy atom. The average Bonchev–Trinajstić information content (AvgIpc) is 2.84. The van der Waals surface area contributed by atoms with Crippen LogP contribution < -0.4 is 5.32 Å². The Labute approximate surface area is 106 Å². The lowest BCUT2D eigenvalue weighted by molar-refractivity contribution is 0.0896. The zero-order chi connectivity index (χ0) is 12.4. The number of fused-ring (bicyclic) bond motifs is 1. The number of hydrogen-bond donors (Lipinski definition) is 1. The summed E-state index contributed by atoms with van der Waals surface area (Å²) in [6.45, 7) is 4.19. The molecule has 2 aromatic rings. The summed E-state index contributed by atoms with van der Waals surface area (Å²) in [7, 11) is 0. The lowest BCUT2D eigenvalue weighted by Gasteiger charge is -2.25. The van der Waals surface area contributed by atoms with Gasteiger partial charge in [0.25, 0.3) is 0 Å². The van der Waals surface area contributed by atoms with E-state index in [4.69, 9.17) is 4.42 Å². The number of carbonyl (C=O) groups is 1. The van der Waals surface area contributed by atoms with E-state index in [1.54, 1.807) is 0 Å². The van der Waals surface area contributed by atoms with Gasteiger partial charge in [-0.3, -0.25) is 9.69 Å². The number of ketones is 1. The van der Waals surface area contributed by atoms with Crippen molar-refractivity contribution in [3.8, 4) is 0 Å². The summed E-state index contributed by atoms with van der Waals surface area (Å²) in [4.78, 5) is 14.3. The predicted octanol–water partition coefficient (Wildman–Crippen LogP) is 1.52. The number of nitrogens with one attached hydrogen (secondary N) is 1. The number of furan rings is 1. The molecular formula is C14H16N2O2. The zero-order valence-electron chi connectivity index (χ0n) is 10.2. The van der Waals surface area contributed by atoms with E-state index in [1.165, 1.54) is 0 Å². The fourth-order valence-corrected chi connectivity index (χ4v) is 2.27. The van der Waals surface area contributed by atoms with Gasteiger partial charge in [0.2, 0.25) is 5.78 Å². The van der Waals surface area contributed by atoms with Crippen LogP contribution in [0.15, 0.2) is 34.7 Å². The Hall–Kier alpha value is -1.65. The van der Waals surface area contributed by atoms with Gasteiger partial charge in [-0.15, -0.1) is 0 Å². The summed E-state index contributed by atoms with van der Waals surface area (Å²) in [6.07, 6.45) is 0. The highest BCUT2D eigenvalue weighted by atomic mass is 16.3. The van der Waals surface area contributed by atoms with Crippen LogP contribution in [0.4, 0.5) is 0 Å². The summed E-state index contributed by atoms with van der Waals surface area (Å²) in [5, 5.41) is 4.26. The summed E-state index contributed by atoms with van der Waals surface area (Å²) >= 11 is 0. The summed E-state index contributed by atoms with van der Waals surface area (Å²) in [5.41, 5.74) is 0.779. The molecule has 1 N–H and O–H groups in total. The minimum Gasteiger partial charge on any atom is -0.453 e. The van der Waals surface area contributed by atoms with Crippen LogP contribution in [0.5, 0.6) is 0 Å². The molecule has 0 atom stereocenters. The number of para-hydroxylation sites is 1. The summed E-state index contributed by atoms with van der Waals surface area (Å²) < 4.78 is 5.58. The first kappa shape index (κ1) is 11.4. The highest BCUT2D eigenvalue weighted by molar-refractivity contribution is 5.98. The SMILES string of the molecule is O=C(CN1CCNCC1)c1cc2ccccc2o1. The minimum absolute atomic E-state index is 0.0631. The molecule has 1 aromatic carbocycles. The van der Waals surface area contributed by atoms with Crippen molar-refractivity contribution < 1.29 is 9.21 Å². The largest absolute Gasteiger partial charge is 0.453 e. The van der Waals surface area contributed by atoms with Gasteiger partial charge in [0.05, 0.1) is 6.54 Å². The second-order valence-corrected chi connectivity index (χ2v) is 4.60. The monoisotopic (exact) mass is 244 g/mol. The molecule has 0 radical (unpaired) electrons. The van der Waals surface area contributed by atoms with Gasteiger partial charge in [-0.2, -0.15) is 0 Å². The predicted molar refractivity (Wildman–Crippen MR) is 69.9 cm³/mol. The van der Waals surface area contributed by atoms with Gasteiger partial charge in [-0.05, 0) is 12.1 Å². The molecule has 1 fully saturated rings. The molecule has 94 valence electrons. The Morgan fingerprint density at radius 1 is 1.28 bits per heavy atom. The molecule has 1 aliphatic heterocycles. The molecule has 0 bridgehead atoms. The quantitative estimate of drug-likeness (QED) is 0.831. The molecule has 2 heterocycles. The first-order valence-electron chi connectivity index (χ1n) is 6.28. The van der Waals surface area contributed by atoms with Gasteiger partial charge in [-0.25, -0.2) is 0 Å². The Bertz CT molecular complexity index is 523. The molecule has 0 aliphatic carbocycles. The number of benzene rings is 1. The van der Waals surface area contributed by atoms with Crippen molar-refractivity contribution in [3.63, 3.8) is 0 Å². The van der Waals surface area contributed by atoms with Crippen LogP contribution in [0.2, 0.25) is 0 Å². The second-order valence-electron chi connectivity index (χ2n) is 4.60. The number of hydrogen-bond acceptors (Lipinski definition) is 4. The average molecular weight is 244 g/mol. The van der Waals surface area contributed by atoms with E-state index in [-0.39, 0.29) is 5.78 Å². The lowest BCUT2D eigenvalue weighted by atomic mass is 10.2. The molecule has 3 rings (SSSR count). The van der Waals surface area contributed by atoms with Crippen LogP contribution in [0, 0.1) is 0 Å². The molecular weight excluding hydrogens is 228 g/mol. The van der Waals surface area contributed by atoms with Gasteiger partial charge >= 0.3 is 0 Å². The number of rotatable bonds is 3. The van der Waals surface area contributed by atoms with Gasteiger partial charge < -0.3 is 9.73 Å². The third-order valence-electron chi connectivity index (χ3n) is 3.28. The van der Waals surface area contributed by atoms with E-state index >= 15 is 0 Å². The molecule has 0 unspecified atom stereocenters. The van der Waals surface area contributed by atoms with Gasteiger partial charge in [0, 0.05) is 31.6 Å². The fraction of sp³-hybridized carbons (Fsp3) is 0.357. The van der Waals surface area contributed by atoms with E-state index in [9.17, 15) is 4.79 Å². The van der Waals surface area contributed by atoms with Crippen molar-refractivity contribution >= 4 is 16.8 Å². The molecule has 0 saturated carbocycles. The van der Waals surface area contributed by atoms with Gasteiger partial charge in [-0.1, -0.05) is 18.2 Å². The first-order valence-corrected chi connectivity index (χ1v) is 6.28. The Balaban J connectivity index is 1.74. The third-order valence-corrected chi connectivity index (χ3v) is 3.28. The highest BCUT2D eigenvalue weighted by Crippen LogP contribution is 2.19. The molecule has 0 spiro atoms. The third kappa shape index (κ3) is 2.30. The van der Waals surface area contributed by atoms with Crippen LogP contribution in [0.3, 0.4) is 0 Å². The number of nitrogens with zero attached hydrogens (tertiary/aromatic N) is 1. The molecule has 1 aliphatic rings. The molecule has 1 saturated heterocycles. The van der Waals surface area contributed by atoms with Crippen molar-refractivity contribution in [2.75, 3.05) is 32.7 Å². The van der Waals surface area contributed by atoms with Crippen LogP contribution in [-0.4, -0.2) is 43.4 Å². The van der Waals surface area contributed by atoms with Gasteiger partial charge in [0.1, 0.15) is 5.58 Å². The number of carbonyl (C=O) groups excluding carboxylic acids is 1. The van der Waals surface area contributed by atoms with Crippen LogP contribution in [0.1, 0.15) is 10.6 Å². The topological polar surface area (TPSA) is 45.5 Å². The molecule has 18 heavy (non-hydrogen) atoms. The normalized spacial score (nSPS) is 17.1. The van der Waals surface area contributed by atoms with Crippen molar-refractivity contribution in [2.45, 2.75) is 0 Å². The van der Waals surface area contributed by atoms with Crippen molar-refractivity contribution in [1.82, 2.24) is 10.2 Å².